The van der Waals surface area contributed by atoms with E-state index in [0.29, 0.717) is 19.6 Å². The molecule has 1 N–H and O–H groups in total. The lowest BCUT2D eigenvalue weighted by Crippen LogP contribution is -2.36. The highest BCUT2D eigenvalue weighted by Crippen LogP contribution is 2.41. The van der Waals surface area contributed by atoms with Crippen molar-refractivity contribution >= 4 is 0 Å². The summed E-state index contributed by atoms with van der Waals surface area (Å²) in [6.07, 6.45) is -0.189. The zero-order valence-electron chi connectivity index (χ0n) is 20.0. The van der Waals surface area contributed by atoms with Gasteiger partial charge in [-0.2, -0.15) is 0 Å². The molecular formula is C31H32O4. The highest BCUT2D eigenvalue weighted by atomic mass is 16.5. The van der Waals surface area contributed by atoms with Crippen LogP contribution < -0.4 is 4.74 Å². The molecule has 0 heterocycles. The van der Waals surface area contributed by atoms with Crippen LogP contribution in [0.4, 0.5) is 0 Å². The molecule has 0 unspecified atom stereocenters. The van der Waals surface area contributed by atoms with Gasteiger partial charge in [-0.1, -0.05) is 103 Å². The van der Waals surface area contributed by atoms with Gasteiger partial charge in [-0.3, -0.25) is 0 Å². The lowest BCUT2D eigenvalue weighted by molar-refractivity contribution is -0.0474. The van der Waals surface area contributed by atoms with Crippen molar-refractivity contribution in [3.63, 3.8) is 0 Å². The first kappa shape index (κ1) is 24.7. The third kappa shape index (κ3) is 6.17. The predicted molar refractivity (Wildman–Crippen MR) is 138 cm³/mol. The van der Waals surface area contributed by atoms with Crippen molar-refractivity contribution in [3.8, 4) is 5.75 Å². The van der Waals surface area contributed by atoms with Crippen LogP contribution in [0.15, 0.2) is 115 Å². The lowest BCUT2D eigenvalue weighted by Gasteiger charge is -2.36. The van der Waals surface area contributed by atoms with Gasteiger partial charge < -0.3 is 19.3 Å². The third-order valence-electron chi connectivity index (χ3n) is 6.06. The maximum absolute atomic E-state index is 10.8. The molecule has 0 aromatic heterocycles. The summed E-state index contributed by atoms with van der Waals surface area (Å²) in [4.78, 5) is 0. The Morgan fingerprint density at radius 1 is 0.686 bits per heavy atom. The second kappa shape index (κ2) is 12.3. The van der Waals surface area contributed by atoms with Crippen LogP contribution in [0.3, 0.4) is 0 Å². The summed E-state index contributed by atoms with van der Waals surface area (Å²) in [5.74, 6) is 0.777. The first-order chi connectivity index (χ1) is 17.2. The van der Waals surface area contributed by atoms with Crippen LogP contribution in [0.2, 0.25) is 0 Å². The van der Waals surface area contributed by atoms with Crippen molar-refractivity contribution < 1.29 is 19.3 Å². The molecule has 0 saturated carbocycles. The maximum Gasteiger partial charge on any atom is 0.143 e. The van der Waals surface area contributed by atoms with Gasteiger partial charge in [-0.15, -0.1) is 0 Å². The first-order valence-electron chi connectivity index (χ1n) is 11.9. The Morgan fingerprint density at radius 3 is 1.74 bits per heavy atom. The van der Waals surface area contributed by atoms with E-state index in [2.05, 4.69) is 24.3 Å². The van der Waals surface area contributed by atoms with Crippen molar-refractivity contribution in [2.75, 3.05) is 20.3 Å². The number of aliphatic hydroxyl groups is 1. The quantitative estimate of drug-likeness (QED) is 0.206. The molecule has 180 valence electrons. The summed E-state index contributed by atoms with van der Waals surface area (Å²) in [6.45, 7) is 1.13. The molecule has 4 heteroatoms. The molecule has 1 atom stereocenters. The normalized spacial score (nSPS) is 12.3. The summed E-state index contributed by atoms with van der Waals surface area (Å²) in [6, 6.07) is 38.2. The number of hydrogen-bond acceptors (Lipinski definition) is 4. The van der Waals surface area contributed by atoms with Gasteiger partial charge in [0.25, 0.3) is 0 Å². The topological polar surface area (TPSA) is 47.9 Å². The Hall–Kier alpha value is -3.44. The molecule has 0 bridgehead atoms. The van der Waals surface area contributed by atoms with E-state index in [1.807, 2.05) is 91.0 Å². The van der Waals surface area contributed by atoms with Crippen LogP contribution >= 0.6 is 0 Å². The maximum atomic E-state index is 10.8. The molecule has 0 amide bonds. The van der Waals surface area contributed by atoms with E-state index < -0.39 is 11.7 Å². The molecule has 4 aromatic rings. The van der Waals surface area contributed by atoms with Crippen LogP contribution in [0.5, 0.6) is 5.75 Å². The number of rotatable bonds is 12. The Morgan fingerprint density at radius 2 is 1.20 bits per heavy atom. The van der Waals surface area contributed by atoms with Crippen LogP contribution in [0, 0.1) is 0 Å². The first-order valence-corrected chi connectivity index (χ1v) is 11.9. The minimum Gasteiger partial charge on any atom is -0.497 e. The highest BCUT2D eigenvalue weighted by Gasteiger charge is 2.38. The van der Waals surface area contributed by atoms with Crippen molar-refractivity contribution in [2.45, 2.75) is 24.7 Å². The number of ether oxygens (including phenoxy) is 3. The fourth-order valence-electron chi connectivity index (χ4n) is 4.21. The molecule has 0 aliphatic heterocycles. The van der Waals surface area contributed by atoms with E-state index in [1.165, 1.54) is 0 Å². The van der Waals surface area contributed by atoms with Crippen molar-refractivity contribution in [1.29, 1.82) is 0 Å². The Kier molecular flexibility index (Phi) is 8.68. The fourth-order valence-corrected chi connectivity index (χ4v) is 4.21. The largest absolute Gasteiger partial charge is 0.497 e. The molecule has 4 rings (SSSR count). The lowest BCUT2D eigenvalue weighted by atomic mass is 9.80. The van der Waals surface area contributed by atoms with Crippen LogP contribution in [-0.4, -0.2) is 31.5 Å². The minimum absolute atomic E-state index is 0.157. The summed E-state index contributed by atoms with van der Waals surface area (Å²) >= 11 is 0. The number of hydrogen-bond donors (Lipinski definition) is 1. The number of aliphatic hydroxyl groups excluding tert-OH is 1. The summed E-state index contributed by atoms with van der Waals surface area (Å²) in [5.41, 5.74) is 3.17. The SMILES string of the molecule is COc1ccc(C(OC[C@@H](O)CCOCc2ccccc2)(c2ccccc2)c2ccccc2)cc1. The summed E-state index contributed by atoms with van der Waals surface area (Å²) in [5, 5.41) is 10.8. The number of benzene rings is 4. The number of methoxy groups -OCH3 is 1. The van der Waals surface area contributed by atoms with Crippen LogP contribution in [0.25, 0.3) is 0 Å². The van der Waals surface area contributed by atoms with E-state index in [4.69, 9.17) is 14.2 Å². The van der Waals surface area contributed by atoms with E-state index in [9.17, 15) is 5.11 Å². The van der Waals surface area contributed by atoms with E-state index >= 15 is 0 Å². The minimum atomic E-state index is -0.888. The fraction of sp³-hybridized carbons (Fsp3) is 0.226. The van der Waals surface area contributed by atoms with Gasteiger partial charge in [0.1, 0.15) is 11.4 Å². The molecule has 0 radical (unpaired) electrons. The molecular weight excluding hydrogens is 436 g/mol. The Balaban J connectivity index is 1.55. The zero-order valence-corrected chi connectivity index (χ0v) is 20.0. The van der Waals surface area contributed by atoms with E-state index in [-0.39, 0.29) is 6.61 Å². The van der Waals surface area contributed by atoms with Crippen LogP contribution in [-0.2, 0) is 21.7 Å². The molecule has 0 aliphatic rings. The predicted octanol–water partition coefficient (Wildman–Crippen LogP) is 5.97. The van der Waals surface area contributed by atoms with Gasteiger partial charge in [0.05, 0.1) is 26.4 Å². The van der Waals surface area contributed by atoms with Crippen molar-refractivity contribution in [3.05, 3.63) is 138 Å². The second-order valence-corrected chi connectivity index (χ2v) is 8.43. The molecule has 0 fully saturated rings. The second-order valence-electron chi connectivity index (χ2n) is 8.43. The third-order valence-corrected chi connectivity index (χ3v) is 6.06. The van der Waals surface area contributed by atoms with Gasteiger partial charge in [0.15, 0.2) is 0 Å². The molecule has 4 nitrogen and oxygen atoms in total. The average molecular weight is 469 g/mol. The summed E-state index contributed by atoms with van der Waals surface area (Å²) in [7, 11) is 1.66. The smallest absolute Gasteiger partial charge is 0.143 e. The highest BCUT2D eigenvalue weighted by molar-refractivity contribution is 5.48. The van der Waals surface area contributed by atoms with Crippen molar-refractivity contribution in [2.24, 2.45) is 0 Å². The standard InChI is InChI=1S/C31H32O4/c1-33-30-19-17-28(18-20-30)31(26-13-7-3-8-14-26,27-15-9-4-10-16-27)35-24-29(32)21-22-34-23-25-11-5-2-6-12-25/h2-20,29,32H,21-24H2,1H3/t29-/m0/s1. The van der Waals surface area contributed by atoms with Gasteiger partial charge in [-0.05, 0) is 40.8 Å². The molecule has 4 aromatic carbocycles. The van der Waals surface area contributed by atoms with Gasteiger partial charge >= 0.3 is 0 Å². The average Bonchev–Trinajstić information content (AvgIpc) is 2.93. The molecule has 0 aliphatic carbocycles. The Labute approximate surface area is 207 Å². The molecule has 0 spiro atoms. The van der Waals surface area contributed by atoms with E-state index in [1.54, 1.807) is 7.11 Å². The van der Waals surface area contributed by atoms with Gasteiger partial charge in [-0.25, -0.2) is 0 Å². The summed E-state index contributed by atoms with van der Waals surface area (Å²) < 4.78 is 17.8. The monoisotopic (exact) mass is 468 g/mol. The Bertz CT molecular complexity index is 1090. The van der Waals surface area contributed by atoms with E-state index in [0.717, 1.165) is 28.0 Å². The van der Waals surface area contributed by atoms with Gasteiger partial charge in [0.2, 0.25) is 0 Å². The molecule has 0 saturated heterocycles. The molecule has 35 heavy (non-hydrogen) atoms. The van der Waals surface area contributed by atoms with Gasteiger partial charge in [0, 0.05) is 6.61 Å². The van der Waals surface area contributed by atoms with Crippen LogP contribution in [0.1, 0.15) is 28.7 Å². The van der Waals surface area contributed by atoms with Crippen molar-refractivity contribution in [1.82, 2.24) is 0 Å². The zero-order chi connectivity index (χ0) is 24.3.